The van der Waals surface area contributed by atoms with Gasteiger partial charge in [-0.1, -0.05) is 60.1 Å². The molecule has 0 saturated heterocycles. The molecule has 0 saturated carbocycles. The largest absolute Gasteiger partial charge is 0.478 e. The van der Waals surface area contributed by atoms with E-state index in [0.29, 0.717) is 29.1 Å². The Morgan fingerprint density at radius 1 is 0.919 bits per heavy atom. The summed E-state index contributed by atoms with van der Waals surface area (Å²) in [6.07, 6.45) is 2.35. The van der Waals surface area contributed by atoms with Gasteiger partial charge in [-0.3, -0.25) is 0 Å². The zero-order valence-corrected chi connectivity index (χ0v) is 21.0. The molecule has 6 heteroatoms. The Morgan fingerprint density at radius 2 is 1.70 bits per heavy atom. The summed E-state index contributed by atoms with van der Waals surface area (Å²) in [5.74, 6) is 0.148. The van der Waals surface area contributed by atoms with Crippen molar-refractivity contribution in [1.82, 2.24) is 5.32 Å². The molecule has 0 fully saturated rings. The Balaban J connectivity index is 1.23. The van der Waals surface area contributed by atoms with E-state index < -0.39 is 12.1 Å². The third-order valence-electron chi connectivity index (χ3n) is 6.77. The van der Waals surface area contributed by atoms with Crippen LogP contribution in [0.15, 0.2) is 91.0 Å². The maximum Gasteiger partial charge on any atom is 0.335 e. The minimum Gasteiger partial charge on any atom is -0.478 e. The van der Waals surface area contributed by atoms with Crippen molar-refractivity contribution in [1.29, 1.82) is 0 Å². The van der Waals surface area contributed by atoms with E-state index in [9.17, 15) is 15.0 Å². The molecule has 5 nitrogen and oxygen atoms in total. The van der Waals surface area contributed by atoms with Crippen LogP contribution in [0.1, 0.15) is 39.6 Å². The highest BCUT2D eigenvalue weighted by atomic mass is 35.5. The molecule has 2 atom stereocenters. The SMILES string of the molecule is O=C(O)c1cccc(Oc2ccc(-c3ccc4c(c3)C[C@@H](NC[C@H](O)c3cccc(Cl)c3)CC4)cc2)c1. The van der Waals surface area contributed by atoms with Crippen molar-refractivity contribution in [2.75, 3.05) is 6.54 Å². The summed E-state index contributed by atoms with van der Waals surface area (Å²) in [5, 5.41) is 23.9. The lowest BCUT2D eigenvalue weighted by atomic mass is 9.86. The standard InChI is InChI=1S/C31H28ClNO4/c32-26-5-1-3-23(16-26)30(34)19-33-27-12-9-21-7-8-22(15-25(21)17-27)20-10-13-28(14-11-20)37-29-6-2-4-24(18-29)31(35)36/h1-8,10-11,13-16,18,27,30,33-34H,9,12,17,19H2,(H,35,36)/t27-,30-/m0/s1. The number of hydrogen-bond donors (Lipinski definition) is 3. The van der Waals surface area contributed by atoms with Gasteiger partial charge in [0.1, 0.15) is 11.5 Å². The number of halogens is 1. The minimum absolute atomic E-state index is 0.190. The number of aliphatic hydroxyl groups is 1. The van der Waals surface area contributed by atoms with Gasteiger partial charge in [0, 0.05) is 17.6 Å². The molecule has 0 radical (unpaired) electrons. The van der Waals surface area contributed by atoms with Crippen LogP contribution in [0.5, 0.6) is 11.5 Å². The number of fused-ring (bicyclic) bond motifs is 1. The lowest BCUT2D eigenvalue weighted by molar-refractivity contribution is 0.0696. The topological polar surface area (TPSA) is 78.8 Å². The normalized spacial score (nSPS) is 15.6. The summed E-state index contributed by atoms with van der Waals surface area (Å²) in [5.41, 5.74) is 5.92. The molecule has 188 valence electrons. The second-order valence-electron chi connectivity index (χ2n) is 9.36. The molecule has 5 rings (SSSR count). The van der Waals surface area contributed by atoms with E-state index in [1.807, 2.05) is 42.5 Å². The number of aliphatic hydroxyl groups excluding tert-OH is 1. The van der Waals surface area contributed by atoms with Crippen molar-refractivity contribution in [2.45, 2.75) is 31.4 Å². The highest BCUT2D eigenvalue weighted by molar-refractivity contribution is 6.30. The third kappa shape index (κ3) is 6.20. The second-order valence-corrected chi connectivity index (χ2v) is 9.80. The monoisotopic (exact) mass is 513 g/mol. The first-order chi connectivity index (χ1) is 17.9. The zero-order valence-electron chi connectivity index (χ0n) is 20.2. The Morgan fingerprint density at radius 3 is 2.49 bits per heavy atom. The molecule has 37 heavy (non-hydrogen) atoms. The second kappa shape index (κ2) is 11.2. The number of rotatable bonds is 8. The maximum atomic E-state index is 11.2. The fourth-order valence-electron chi connectivity index (χ4n) is 4.77. The van der Waals surface area contributed by atoms with Crippen molar-refractivity contribution >= 4 is 17.6 Å². The van der Waals surface area contributed by atoms with Crippen LogP contribution in [0, 0.1) is 0 Å². The number of aromatic carboxylic acids is 1. The Bertz CT molecular complexity index is 1400. The number of aryl methyl sites for hydroxylation is 1. The Kier molecular flexibility index (Phi) is 7.56. The fourth-order valence-corrected chi connectivity index (χ4v) is 4.96. The van der Waals surface area contributed by atoms with Gasteiger partial charge in [-0.25, -0.2) is 4.79 Å². The number of hydrogen-bond acceptors (Lipinski definition) is 4. The molecule has 0 spiro atoms. The molecular formula is C31H28ClNO4. The predicted octanol–water partition coefficient (Wildman–Crippen LogP) is 6.68. The first-order valence-electron chi connectivity index (χ1n) is 12.3. The van der Waals surface area contributed by atoms with Crippen LogP contribution < -0.4 is 10.1 Å². The average molecular weight is 514 g/mol. The van der Waals surface area contributed by atoms with Gasteiger partial charge in [-0.05, 0) is 89.5 Å². The average Bonchev–Trinajstić information content (AvgIpc) is 2.92. The molecule has 1 aliphatic rings. The summed E-state index contributed by atoms with van der Waals surface area (Å²) >= 11 is 6.06. The maximum absolute atomic E-state index is 11.2. The molecule has 4 aromatic carbocycles. The van der Waals surface area contributed by atoms with Crippen molar-refractivity contribution in [2.24, 2.45) is 0 Å². The van der Waals surface area contributed by atoms with Gasteiger partial charge < -0.3 is 20.3 Å². The van der Waals surface area contributed by atoms with Crippen molar-refractivity contribution < 1.29 is 19.7 Å². The molecule has 4 aromatic rings. The lowest BCUT2D eigenvalue weighted by Crippen LogP contribution is -2.37. The molecule has 1 aliphatic carbocycles. The van der Waals surface area contributed by atoms with E-state index in [0.717, 1.165) is 36.0 Å². The molecule has 0 aromatic heterocycles. The summed E-state index contributed by atoms with van der Waals surface area (Å²) in [7, 11) is 0. The fraction of sp³-hybridized carbons (Fsp3) is 0.194. The van der Waals surface area contributed by atoms with Crippen LogP contribution in [0.4, 0.5) is 0 Å². The van der Waals surface area contributed by atoms with E-state index >= 15 is 0 Å². The number of benzene rings is 4. The highest BCUT2D eigenvalue weighted by Crippen LogP contribution is 2.30. The Labute approximate surface area is 221 Å². The summed E-state index contributed by atoms with van der Waals surface area (Å²) in [6.45, 7) is 0.483. The Hall–Kier alpha value is -3.64. The third-order valence-corrected chi connectivity index (χ3v) is 7.01. The first-order valence-corrected chi connectivity index (χ1v) is 12.7. The molecule has 0 unspecified atom stereocenters. The first kappa shape index (κ1) is 25.0. The van der Waals surface area contributed by atoms with Crippen molar-refractivity contribution in [3.8, 4) is 22.6 Å². The summed E-state index contributed by atoms with van der Waals surface area (Å²) in [6, 6.07) is 28.5. The van der Waals surface area contributed by atoms with Crippen LogP contribution in [0.3, 0.4) is 0 Å². The van der Waals surface area contributed by atoms with E-state index in [4.69, 9.17) is 16.3 Å². The van der Waals surface area contributed by atoms with Gasteiger partial charge in [0.2, 0.25) is 0 Å². The van der Waals surface area contributed by atoms with E-state index in [1.165, 1.54) is 23.3 Å². The van der Waals surface area contributed by atoms with Gasteiger partial charge >= 0.3 is 5.97 Å². The van der Waals surface area contributed by atoms with Crippen LogP contribution in [0.2, 0.25) is 5.02 Å². The van der Waals surface area contributed by atoms with Crippen molar-refractivity contribution in [3.63, 3.8) is 0 Å². The van der Waals surface area contributed by atoms with Gasteiger partial charge in [0.15, 0.2) is 0 Å². The summed E-state index contributed by atoms with van der Waals surface area (Å²) < 4.78 is 5.85. The molecular weight excluding hydrogens is 486 g/mol. The predicted molar refractivity (Wildman–Crippen MR) is 146 cm³/mol. The van der Waals surface area contributed by atoms with Crippen LogP contribution in [0.25, 0.3) is 11.1 Å². The van der Waals surface area contributed by atoms with E-state index in [-0.39, 0.29) is 5.56 Å². The number of carboxylic acid groups (broad SMARTS) is 1. The smallest absolute Gasteiger partial charge is 0.335 e. The van der Waals surface area contributed by atoms with Gasteiger partial charge in [-0.15, -0.1) is 0 Å². The number of ether oxygens (including phenoxy) is 1. The van der Waals surface area contributed by atoms with Crippen LogP contribution in [-0.4, -0.2) is 28.8 Å². The molecule has 0 heterocycles. The molecule has 0 bridgehead atoms. The molecule has 3 N–H and O–H groups in total. The van der Waals surface area contributed by atoms with Crippen LogP contribution >= 0.6 is 11.6 Å². The number of carbonyl (C=O) groups is 1. The van der Waals surface area contributed by atoms with Gasteiger partial charge in [0.05, 0.1) is 11.7 Å². The van der Waals surface area contributed by atoms with Crippen LogP contribution in [-0.2, 0) is 12.8 Å². The summed E-state index contributed by atoms with van der Waals surface area (Å²) in [4.78, 5) is 11.2. The number of carboxylic acids is 1. The zero-order chi connectivity index (χ0) is 25.8. The highest BCUT2D eigenvalue weighted by Gasteiger charge is 2.20. The molecule has 0 aliphatic heterocycles. The van der Waals surface area contributed by atoms with Crippen molar-refractivity contribution in [3.05, 3.63) is 118 Å². The van der Waals surface area contributed by atoms with E-state index in [2.05, 4.69) is 23.5 Å². The quantitative estimate of drug-likeness (QED) is 0.245. The van der Waals surface area contributed by atoms with Gasteiger partial charge in [-0.2, -0.15) is 0 Å². The minimum atomic E-state index is -0.983. The number of nitrogens with one attached hydrogen (secondary N) is 1. The van der Waals surface area contributed by atoms with E-state index in [1.54, 1.807) is 18.2 Å². The van der Waals surface area contributed by atoms with Gasteiger partial charge in [0.25, 0.3) is 0 Å². The lowest BCUT2D eigenvalue weighted by Gasteiger charge is -2.27. The molecule has 0 amide bonds.